The summed E-state index contributed by atoms with van der Waals surface area (Å²) in [5.74, 6) is 5.74. The predicted molar refractivity (Wildman–Crippen MR) is 81.3 cm³/mol. The van der Waals surface area contributed by atoms with Crippen molar-refractivity contribution in [2.75, 3.05) is 0 Å². The van der Waals surface area contributed by atoms with Gasteiger partial charge in [0.2, 0.25) is 0 Å². The summed E-state index contributed by atoms with van der Waals surface area (Å²) in [6.07, 6.45) is 0.833. The third-order valence-electron chi connectivity index (χ3n) is 3.67. The van der Waals surface area contributed by atoms with Crippen molar-refractivity contribution in [3.05, 3.63) is 50.5 Å². The first-order chi connectivity index (χ1) is 9.02. The Labute approximate surface area is 118 Å². The van der Waals surface area contributed by atoms with Crippen LogP contribution in [-0.2, 0) is 6.42 Å². The molecule has 0 fully saturated rings. The number of nitrogens with zero attached hydrogens (tertiary/aromatic N) is 1. The Kier molecular flexibility index (Phi) is 4.34. The Hall–Kier alpha value is -1.23. The van der Waals surface area contributed by atoms with Gasteiger partial charge in [-0.1, -0.05) is 18.2 Å². The Morgan fingerprint density at radius 1 is 1.26 bits per heavy atom. The van der Waals surface area contributed by atoms with Crippen molar-refractivity contribution in [3.63, 3.8) is 0 Å². The Morgan fingerprint density at radius 2 is 2.00 bits per heavy atom. The van der Waals surface area contributed by atoms with Crippen molar-refractivity contribution < 1.29 is 0 Å². The minimum Gasteiger partial charge on any atom is -0.271 e. The summed E-state index contributed by atoms with van der Waals surface area (Å²) in [6, 6.07) is 6.47. The first kappa shape index (κ1) is 14.2. The lowest BCUT2D eigenvalue weighted by molar-refractivity contribution is 0.547. The van der Waals surface area contributed by atoms with Crippen LogP contribution in [0, 0.1) is 27.7 Å². The first-order valence-electron chi connectivity index (χ1n) is 6.48. The lowest BCUT2D eigenvalue weighted by Crippen LogP contribution is -2.30. The zero-order valence-corrected chi connectivity index (χ0v) is 12.8. The average Bonchev–Trinajstić information content (AvgIpc) is 2.69. The highest BCUT2D eigenvalue weighted by atomic mass is 32.1. The van der Waals surface area contributed by atoms with Crippen LogP contribution in [0.4, 0.5) is 0 Å². The van der Waals surface area contributed by atoms with Crippen LogP contribution in [0.3, 0.4) is 0 Å². The molecule has 0 saturated carbocycles. The van der Waals surface area contributed by atoms with E-state index in [0.717, 1.165) is 17.1 Å². The van der Waals surface area contributed by atoms with Gasteiger partial charge in [-0.3, -0.25) is 11.3 Å². The first-order valence-corrected chi connectivity index (χ1v) is 7.29. The molecule has 0 aliphatic heterocycles. The van der Waals surface area contributed by atoms with E-state index in [2.05, 4.69) is 56.3 Å². The number of benzene rings is 1. The molecule has 4 heteroatoms. The second kappa shape index (κ2) is 5.82. The van der Waals surface area contributed by atoms with E-state index in [0.29, 0.717) is 0 Å². The van der Waals surface area contributed by atoms with Gasteiger partial charge in [0.25, 0.3) is 0 Å². The number of nitrogens with two attached hydrogens (primary N) is 1. The third kappa shape index (κ3) is 3.03. The highest BCUT2D eigenvalue weighted by molar-refractivity contribution is 7.11. The van der Waals surface area contributed by atoms with Gasteiger partial charge in [0.05, 0.1) is 16.7 Å². The highest BCUT2D eigenvalue weighted by Crippen LogP contribution is 2.26. The van der Waals surface area contributed by atoms with E-state index >= 15 is 0 Å². The van der Waals surface area contributed by atoms with Crippen molar-refractivity contribution in [1.29, 1.82) is 0 Å². The van der Waals surface area contributed by atoms with Gasteiger partial charge in [-0.2, -0.15) is 0 Å². The molecule has 0 spiro atoms. The molecule has 2 aromatic rings. The van der Waals surface area contributed by atoms with Gasteiger partial charge in [0, 0.05) is 11.3 Å². The van der Waals surface area contributed by atoms with Crippen molar-refractivity contribution in [2.45, 2.75) is 40.2 Å². The molecule has 0 amide bonds. The van der Waals surface area contributed by atoms with Gasteiger partial charge in [0.1, 0.15) is 0 Å². The fourth-order valence-corrected chi connectivity index (χ4v) is 3.19. The zero-order chi connectivity index (χ0) is 14.0. The van der Waals surface area contributed by atoms with Crippen molar-refractivity contribution in [1.82, 2.24) is 10.4 Å². The summed E-state index contributed by atoms with van der Waals surface area (Å²) >= 11 is 1.76. The van der Waals surface area contributed by atoms with Gasteiger partial charge < -0.3 is 0 Å². The minimum atomic E-state index is 0.116. The standard InChI is InChI=1S/C15H21N3S/c1-9-6-5-7-13(10(9)2)14(18-16)8-15-17-11(3)12(4)19-15/h5-7,14,18H,8,16H2,1-4H3. The van der Waals surface area contributed by atoms with Crippen LogP contribution in [0.2, 0.25) is 0 Å². The highest BCUT2D eigenvalue weighted by Gasteiger charge is 2.16. The quantitative estimate of drug-likeness (QED) is 0.666. The summed E-state index contributed by atoms with van der Waals surface area (Å²) in [6.45, 7) is 8.44. The molecule has 0 bridgehead atoms. The SMILES string of the molecule is Cc1cccc(C(Cc2nc(C)c(C)s2)NN)c1C. The number of rotatable bonds is 4. The van der Waals surface area contributed by atoms with E-state index in [9.17, 15) is 0 Å². The molecular formula is C15H21N3S. The molecule has 0 saturated heterocycles. The van der Waals surface area contributed by atoms with E-state index in [1.54, 1.807) is 11.3 Å². The van der Waals surface area contributed by atoms with Crippen molar-refractivity contribution in [3.8, 4) is 0 Å². The molecule has 1 heterocycles. The zero-order valence-electron chi connectivity index (χ0n) is 11.9. The largest absolute Gasteiger partial charge is 0.271 e. The van der Waals surface area contributed by atoms with E-state index in [-0.39, 0.29) is 6.04 Å². The predicted octanol–water partition coefficient (Wildman–Crippen LogP) is 3.12. The molecule has 3 nitrogen and oxygen atoms in total. The Bertz CT molecular complexity index is 555. The van der Waals surface area contributed by atoms with Crippen molar-refractivity contribution in [2.24, 2.45) is 5.84 Å². The van der Waals surface area contributed by atoms with Crippen molar-refractivity contribution >= 4 is 11.3 Å². The molecule has 19 heavy (non-hydrogen) atoms. The molecule has 0 aliphatic rings. The van der Waals surface area contributed by atoms with E-state index < -0.39 is 0 Å². The van der Waals surface area contributed by atoms with Crippen LogP contribution in [0.15, 0.2) is 18.2 Å². The molecular weight excluding hydrogens is 254 g/mol. The summed E-state index contributed by atoms with van der Waals surface area (Å²) < 4.78 is 0. The monoisotopic (exact) mass is 275 g/mol. The van der Waals surface area contributed by atoms with Crippen LogP contribution in [-0.4, -0.2) is 4.98 Å². The number of hydrazine groups is 1. The molecule has 0 aliphatic carbocycles. The normalized spacial score (nSPS) is 12.7. The van der Waals surface area contributed by atoms with Gasteiger partial charge in [-0.25, -0.2) is 4.98 Å². The van der Waals surface area contributed by atoms with Crippen LogP contribution in [0.25, 0.3) is 0 Å². The Morgan fingerprint density at radius 3 is 2.58 bits per heavy atom. The average molecular weight is 275 g/mol. The second-order valence-corrected chi connectivity index (χ2v) is 6.25. The fourth-order valence-electron chi connectivity index (χ4n) is 2.21. The maximum atomic E-state index is 5.74. The molecule has 3 N–H and O–H groups in total. The summed E-state index contributed by atoms with van der Waals surface area (Å²) in [7, 11) is 0. The van der Waals surface area contributed by atoms with Crippen LogP contribution in [0.5, 0.6) is 0 Å². The van der Waals surface area contributed by atoms with E-state index in [4.69, 9.17) is 5.84 Å². The summed E-state index contributed by atoms with van der Waals surface area (Å²) in [5.41, 5.74) is 7.91. The number of nitrogens with one attached hydrogen (secondary N) is 1. The molecule has 1 aromatic heterocycles. The summed E-state index contributed by atoms with van der Waals surface area (Å²) in [4.78, 5) is 5.88. The maximum Gasteiger partial charge on any atom is 0.0950 e. The molecule has 1 atom stereocenters. The van der Waals surface area contributed by atoms with E-state index in [1.165, 1.54) is 21.6 Å². The van der Waals surface area contributed by atoms with Gasteiger partial charge in [-0.05, 0) is 44.4 Å². The van der Waals surface area contributed by atoms with Gasteiger partial charge in [0.15, 0.2) is 0 Å². The molecule has 102 valence electrons. The van der Waals surface area contributed by atoms with Gasteiger partial charge in [-0.15, -0.1) is 11.3 Å². The third-order valence-corrected chi connectivity index (χ3v) is 4.77. The lowest BCUT2D eigenvalue weighted by Gasteiger charge is -2.18. The molecule has 2 rings (SSSR count). The Balaban J connectivity index is 2.27. The number of hydrogen-bond acceptors (Lipinski definition) is 4. The topological polar surface area (TPSA) is 50.9 Å². The number of aromatic nitrogens is 1. The maximum absolute atomic E-state index is 5.74. The molecule has 1 unspecified atom stereocenters. The molecule has 1 aromatic carbocycles. The van der Waals surface area contributed by atoms with E-state index in [1.807, 2.05) is 0 Å². The number of thiazole rings is 1. The second-order valence-electron chi connectivity index (χ2n) is 4.96. The van der Waals surface area contributed by atoms with Crippen LogP contribution < -0.4 is 11.3 Å². The molecule has 0 radical (unpaired) electrons. The number of hydrogen-bond donors (Lipinski definition) is 2. The smallest absolute Gasteiger partial charge is 0.0950 e. The fraction of sp³-hybridized carbons (Fsp3) is 0.400. The van der Waals surface area contributed by atoms with Crippen LogP contribution in [0.1, 0.15) is 38.3 Å². The van der Waals surface area contributed by atoms with Crippen LogP contribution >= 0.6 is 11.3 Å². The summed E-state index contributed by atoms with van der Waals surface area (Å²) in [5, 5.41) is 1.14. The van der Waals surface area contributed by atoms with Gasteiger partial charge >= 0.3 is 0 Å². The lowest BCUT2D eigenvalue weighted by atomic mass is 9.96. The number of aryl methyl sites for hydroxylation is 3. The minimum absolute atomic E-state index is 0.116.